The van der Waals surface area contributed by atoms with Gasteiger partial charge in [0.1, 0.15) is 0 Å². The first-order valence-electron chi connectivity index (χ1n) is 4.17. The van der Waals surface area contributed by atoms with Gasteiger partial charge in [0, 0.05) is 5.02 Å². The summed E-state index contributed by atoms with van der Waals surface area (Å²) in [6, 6.07) is 7.28. The van der Waals surface area contributed by atoms with Crippen molar-refractivity contribution in [1.82, 2.24) is 0 Å². The topological polar surface area (TPSA) is 26.3 Å². The molecule has 4 heteroatoms. The Morgan fingerprint density at radius 2 is 2.00 bits per heavy atom. The summed E-state index contributed by atoms with van der Waals surface area (Å²) in [6.45, 7) is 0. The highest BCUT2D eigenvalue weighted by Gasteiger charge is 2.30. The van der Waals surface area contributed by atoms with E-state index in [2.05, 4.69) is 0 Å². The fraction of sp³-hybridized carbons (Fsp3) is 0.200. The molecule has 1 fully saturated rings. The molecule has 2 rings (SSSR count). The number of esters is 1. The molecule has 0 saturated carbocycles. The minimum Gasteiger partial charge on any atom is -0.418 e. The van der Waals surface area contributed by atoms with Gasteiger partial charge < -0.3 is 4.74 Å². The molecule has 1 atom stereocenters. The first-order valence-corrected chi connectivity index (χ1v) is 4.95. The smallest absolute Gasteiger partial charge is 0.312 e. The molecule has 0 aliphatic carbocycles. The SMILES string of the molecule is O=C1CC(c2ccc(Cl)cc2)C(=S)O1. The van der Waals surface area contributed by atoms with E-state index in [-0.39, 0.29) is 11.9 Å². The number of halogens is 1. The van der Waals surface area contributed by atoms with Crippen LogP contribution in [-0.2, 0) is 9.53 Å². The fourth-order valence-electron chi connectivity index (χ4n) is 1.42. The second kappa shape index (κ2) is 3.67. The third-order valence-electron chi connectivity index (χ3n) is 2.14. The zero-order valence-electron chi connectivity index (χ0n) is 7.20. The molecule has 1 aliphatic heterocycles. The second-order valence-corrected chi connectivity index (χ2v) is 3.94. The molecule has 0 radical (unpaired) electrons. The Labute approximate surface area is 91.8 Å². The lowest BCUT2D eigenvalue weighted by molar-refractivity contribution is -0.132. The van der Waals surface area contributed by atoms with Crippen LogP contribution in [0.15, 0.2) is 24.3 Å². The molecule has 1 unspecified atom stereocenters. The predicted octanol–water partition coefficient (Wildman–Crippen LogP) is 2.70. The van der Waals surface area contributed by atoms with E-state index >= 15 is 0 Å². The van der Waals surface area contributed by atoms with E-state index in [1.165, 1.54) is 0 Å². The maximum absolute atomic E-state index is 11.0. The van der Waals surface area contributed by atoms with Crippen LogP contribution in [0.3, 0.4) is 0 Å². The summed E-state index contributed by atoms with van der Waals surface area (Å²) in [4.78, 5) is 11.0. The Bertz CT molecular complexity index is 386. The van der Waals surface area contributed by atoms with E-state index in [4.69, 9.17) is 28.6 Å². The normalized spacial score (nSPS) is 21.1. The molecule has 72 valence electrons. The largest absolute Gasteiger partial charge is 0.418 e. The quantitative estimate of drug-likeness (QED) is 0.544. The van der Waals surface area contributed by atoms with E-state index in [0.717, 1.165) is 5.56 Å². The molecule has 0 N–H and O–H groups in total. The molecule has 0 spiro atoms. The Morgan fingerprint density at radius 1 is 1.36 bits per heavy atom. The van der Waals surface area contributed by atoms with Crippen LogP contribution >= 0.6 is 23.8 Å². The Kier molecular flexibility index (Phi) is 2.52. The van der Waals surface area contributed by atoms with Crippen molar-refractivity contribution in [2.24, 2.45) is 0 Å². The Morgan fingerprint density at radius 3 is 2.50 bits per heavy atom. The van der Waals surface area contributed by atoms with Gasteiger partial charge in [-0.2, -0.15) is 0 Å². The van der Waals surface area contributed by atoms with Crippen molar-refractivity contribution in [2.45, 2.75) is 12.3 Å². The molecule has 1 heterocycles. The van der Waals surface area contributed by atoms with Gasteiger partial charge in [-0.05, 0) is 29.9 Å². The average molecular weight is 227 g/mol. The Balaban J connectivity index is 2.27. The number of benzene rings is 1. The predicted molar refractivity (Wildman–Crippen MR) is 57.5 cm³/mol. The average Bonchev–Trinajstić information content (AvgIpc) is 2.47. The zero-order chi connectivity index (χ0) is 10.1. The third-order valence-corrected chi connectivity index (χ3v) is 2.76. The summed E-state index contributed by atoms with van der Waals surface area (Å²) < 4.78 is 4.82. The van der Waals surface area contributed by atoms with Crippen molar-refractivity contribution in [3.63, 3.8) is 0 Å². The number of carbonyl (C=O) groups is 1. The summed E-state index contributed by atoms with van der Waals surface area (Å²) in [7, 11) is 0. The van der Waals surface area contributed by atoms with Gasteiger partial charge in [-0.3, -0.25) is 4.79 Å². The van der Waals surface area contributed by atoms with Crippen LogP contribution in [0.5, 0.6) is 0 Å². The number of cyclic esters (lactones) is 1. The molecule has 1 aliphatic rings. The number of ether oxygens (including phenoxy) is 1. The molecule has 1 saturated heterocycles. The molecular formula is C10H7ClO2S. The van der Waals surface area contributed by atoms with Gasteiger partial charge in [0.05, 0.1) is 12.3 Å². The molecule has 0 amide bonds. The fourth-order valence-corrected chi connectivity index (χ4v) is 1.86. The summed E-state index contributed by atoms with van der Waals surface area (Å²) in [5, 5.41) is 1.03. The zero-order valence-corrected chi connectivity index (χ0v) is 8.77. The van der Waals surface area contributed by atoms with E-state index in [1.54, 1.807) is 12.1 Å². The van der Waals surface area contributed by atoms with Crippen LogP contribution in [0.25, 0.3) is 0 Å². The highest BCUT2D eigenvalue weighted by Crippen LogP contribution is 2.29. The van der Waals surface area contributed by atoms with Crippen molar-refractivity contribution < 1.29 is 9.53 Å². The molecule has 0 bridgehead atoms. The minimum absolute atomic E-state index is 0.0882. The van der Waals surface area contributed by atoms with Gasteiger partial charge in [0.15, 0.2) is 5.05 Å². The summed E-state index contributed by atoms with van der Waals surface area (Å²) in [6.07, 6.45) is 0.334. The van der Waals surface area contributed by atoms with Crippen molar-refractivity contribution in [3.8, 4) is 0 Å². The number of thiocarbonyl (C=S) groups is 1. The van der Waals surface area contributed by atoms with Crippen LogP contribution in [0, 0.1) is 0 Å². The van der Waals surface area contributed by atoms with Gasteiger partial charge in [-0.1, -0.05) is 23.7 Å². The lowest BCUT2D eigenvalue weighted by atomic mass is 9.98. The lowest BCUT2D eigenvalue weighted by Gasteiger charge is -2.05. The van der Waals surface area contributed by atoms with Crippen LogP contribution in [0.2, 0.25) is 5.02 Å². The highest BCUT2D eigenvalue weighted by atomic mass is 35.5. The molecule has 1 aromatic rings. The van der Waals surface area contributed by atoms with Gasteiger partial charge in [-0.15, -0.1) is 0 Å². The van der Waals surface area contributed by atoms with E-state index in [1.807, 2.05) is 12.1 Å². The van der Waals surface area contributed by atoms with Gasteiger partial charge in [0.2, 0.25) is 0 Å². The molecule has 0 aromatic heterocycles. The Hall–Kier alpha value is -0.930. The number of rotatable bonds is 1. The van der Waals surface area contributed by atoms with Gasteiger partial charge in [-0.25, -0.2) is 0 Å². The lowest BCUT2D eigenvalue weighted by Crippen LogP contribution is -2.02. The van der Waals surface area contributed by atoms with Crippen LogP contribution < -0.4 is 0 Å². The van der Waals surface area contributed by atoms with Gasteiger partial charge >= 0.3 is 5.97 Å². The number of hydrogen-bond donors (Lipinski definition) is 0. The minimum atomic E-state index is -0.255. The van der Waals surface area contributed by atoms with Crippen LogP contribution in [0.1, 0.15) is 17.9 Å². The van der Waals surface area contributed by atoms with E-state index in [9.17, 15) is 4.79 Å². The molecule has 14 heavy (non-hydrogen) atoms. The number of carbonyl (C=O) groups excluding carboxylic acids is 1. The maximum Gasteiger partial charge on any atom is 0.312 e. The molecule has 1 aromatic carbocycles. The van der Waals surface area contributed by atoms with Crippen molar-refractivity contribution in [2.75, 3.05) is 0 Å². The summed E-state index contributed by atoms with van der Waals surface area (Å²) in [5.74, 6) is -0.343. The molecular weight excluding hydrogens is 220 g/mol. The van der Waals surface area contributed by atoms with Crippen LogP contribution in [-0.4, -0.2) is 11.0 Å². The standard InChI is InChI=1S/C10H7ClO2S/c11-7-3-1-6(2-4-7)8-5-9(12)13-10(8)14/h1-4,8H,5H2. The number of hydrogen-bond acceptors (Lipinski definition) is 3. The van der Waals surface area contributed by atoms with Crippen molar-refractivity contribution >= 4 is 34.8 Å². The maximum atomic E-state index is 11.0. The highest BCUT2D eigenvalue weighted by molar-refractivity contribution is 7.80. The monoisotopic (exact) mass is 226 g/mol. The van der Waals surface area contributed by atoms with Gasteiger partial charge in [0.25, 0.3) is 0 Å². The summed E-state index contributed by atoms with van der Waals surface area (Å²) in [5.41, 5.74) is 0.977. The third kappa shape index (κ3) is 1.79. The van der Waals surface area contributed by atoms with Crippen molar-refractivity contribution in [1.29, 1.82) is 0 Å². The molecule has 2 nitrogen and oxygen atoms in total. The first-order chi connectivity index (χ1) is 6.66. The summed E-state index contributed by atoms with van der Waals surface area (Å²) >= 11 is 10.7. The van der Waals surface area contributed by atoms with E-state index < -0.39 is 0 Å². The van der Waals surface area contributed by atoms with Crippen molar-refractivity contribution in [3.05, 3.63) is 34.9 Å². The second-order valence-electron chi connectivity index (χ2n) is 3.10. The van der Waals surface area contributed by atoms with E-state index in [0.29, 0.717) is 16.5 Å². The first kappa shape index (κ1) is 9.62. The van der Waals surface area contributed by atoms with Crippen LogP contribution in [0.4, 0.5) is 0 Å².